The monoisotopic (exact) mass is 273 g/mol. The number of anilines is 1. The predicted molar refractivity (Wildman–Crippen MR) is 80.3 cm³/mol. The van der Waals surface area contributed by atoms with Crippen molar-refractivity contribution in [1.29, 1.82) is 0 Å². The maximum Gasteiger partial charge on any atom is 0.123 e. The molecular weight excluding hydrogens is 253 g/mol. The average Bonchev–Trinajstić information content (AvgIpc) is 2.49. The van der Waals surface area contributed by atoms with Crippen molar-refractivity contribution in [2.24, 2.45) is 0 Å². The fourth-order valence-corrected chi connectivity index (χ4v) is 2.24. The zero-order valence-corrected chi connectivity index (χ0v) is 11.7. The third kappa shape index (κ3) is 3.81. The van der Waals surface area contributed by atoms with E-state index in [-0.39, 0.29) is 5.82 Å². The maximum atomic E-state index is 12.9. The molecule has 3 heteroatoms. The Hall–Kier alpha value is -1.87. The van der Waals surface area contributed by atoms with Crippen LogP contribution in [0.1, 0.15) is 25.0 Å². The highest BCUT2D eigenvalue weighted by molar-refractivity contribution is 5.45. The summed E-state index contributed by atoms with van der Waals surface area (Å²) in [6.45, 7) is 3.75. The SMILES string of the molecule is CCN(CCC(O)c1ccc(F)cc1)c1ccccc1. The molecule has 2 rings (SSSR count). The summed E-state index contributed by atoms with van der Waals surface area (Å²) in [6.07, 6.45) is 0.0577. The normalized spacial score (nSPS) is 12.2. The van der Waals surface area contributed by atoms with Crippen molar-refractivity contribution in [3.8, 4) is 0 Å². The van der Waals surface area contributed by atoms with Crippen molar-refractivity contribution in [2.45, 2.75) is 19.4 Å². The number of halogens is 1. The molecule has 0 saturated carbocycles. The molecule has 0 heterocycles. The Balaban J connectivity index is 1.94. The standard InChI is InChI=1S/C17H20FNO/c1-2-19(16-6-4-3-5-7-16)13-12-17(20)14-8-10-15(18)11-9-14/h3-11,17,20H,2,12-13H2,1H3. The molecule has 0 aliphatic rings. The number of hydrogen-bond donors (Lipinski definition) is 1. The van der Waals surface area contributed by atoms with Gasteiger partial charge in [0.25, 0.3) is 0 Å². The Labute approximate surface area is 119 Å². The molecule has 0 aliphatic carbocycles. The van der Waals surface area contributed by atoms with Crippen molar-refractivity contribution < 1.29 is 9.50 Å². The zero-order valence-electron chi connectivity index (χ0n) is 11.7. The van der Waals surface area contributed by atoms with E-state index >= 15 is 0 Å². The van der Waals surface area contributed by atoms with Gasteiger partial charge < -0.3 is 10.0 Å². The minimum atomic E-state index is -0.562. The average molecular weight is 273 g/mol. The van der Waals surface area contributed by atoms with Gasteiger partial charge in [-0.25, -0.2) is 4.39 Å². The number of aliphatic hydroxyl groups is 1. The molecule has 1 N–H and O–H groups in total. The van der Waals surface area contributed by atoms with Crippen molar-refractivity contribution in [3.63, 3.8) is 0 Å². The minimum Gasteiger partial charge on any atom is -0.388 e. The van der Waals surface area contributed by atoms with E-state index in [0.29, 0.717) is 6.42 Å². The quantitative estimate of drug-likeness (QED) is 0.866. The maximum absolute atomic E-state index is 12.9. The van der Waals surface area contributed by atoms with Crippen LogP contribution in [0.3, 0.4) is 0 Å². The number of aliphatic hydroxyl groups excluding tert-OH is 1. The van der Waals surface area contributed by atoms with Gasteiger partial charge in [-0.1, -0.05) is 30.3 Å². The first-order valence-corrected chi connectivity index (χ1v) is 6.94. The smallest absolute Gasteiger partial charge is 0.123 e. The molecule has 0 aromatic heterocycles. The number of benzene rings is 2. The number of rotatable bonds is 6. The Morgan fingerprint density at radius 1 is 1.05 bits per heavy atom. The van der Waals surface area contributed by atoms with Crippen LogP contribution in [-0.2, 0) is 0 Å². The molecular formula is C17H20FNO. The second kappa shape index (κ2) is 7.06. The second-order valence-corrected chi connectivity index (χ2v) is 4.77. The molecule has 0 fully saturated rings. The fourth-order valence-electron chi connectivity index (χ4n) is 2.24. The zero-order chi connectivity index (χ0) is 14.4. The van der Waals surface area contributed by atoms with Crippen molar-refractivity contribution >= 4 is 5.69 Å². The van der Waals surface area contributed by atoms with Crippen LogP contribution in [-0.4, -0.2) is 18.2 Å². The third-order valence-electron chi connectivity index (χ3n) is 3.43. The molecule has 20 heavy (non-hydrogen) atoms. The van der Waals surface area contributed by atoms with Gasteiger partial charge in [-0.15, -0.1) is 0 Å². The number of para-hydroxylation sites is 1. The van der Waals surface area contributed by atoms with Gasteiger partial charge in [0.2, 0.25) is 0 Å². The number of nitrogens with zero attached hydrogens (tertiary/aromatic N) is 1. The molecule has 0 saturated heterocycles. The van der Waals surface area contributed by atoms with Gasteiger partial charge in [0.1, 0.15) is 5.82 Å². The van der Waals surface area contributed by atoms with Gasteiger partial charge in [0, 0.05) is 18.8 Å². The van der Waals surface area contributed by atoms with E-state index in [4.69, 9.17) is 0 Å². The van der Waals surface area contributed by atoms with E-state index in [1.807, 2.05) is 18.2 Å². The lowest BCUT2D eigenvalue weighted by Crippen LogP contribution is -2.25. The van der Waals surface area contributed by atoms with Gasteiger partial charge in [0.15, 0.2) is 0 Å². The van der Waals surface area contributed by atoms with Gasteiger partial charge in [0.05, 0.1) is 6.10 Å². The van der Waals surface area contributed by atoms with E-state index in [2.05, 4.69) is 24.0 Å². The topological polar surface area (TPSA) is 23.5 Å². The molecule has 0 amide bonds. The van der Waals surface area contributed by atoms with Gasteiger partial charge in [-0.05, 0) is 43.2 Å². The Bertz CT molecular complexity index is 512. The predicted octanol–water partition coefficient (Wildman–Crippen LogP) is 3.78. The van der Waals surface area contributed by atoms with Gasteiger partial charge in [-0.3, -0.25) is 0 Å². The molecule has 0 aliphatic heterocycles. The number of hydrogen-bond acceptors (Lipinski definition) is 2. The van der Waals surface area contributed by atoms with Crippen LogP contribution in [0.25, 0.3) is 0 Å². The third-order valence-corrected chi connectivity index (χ3v) is 3.43. The molecule has 0 radical (unpaired) electrons. The highest BCUT2D eigenvalue weighted by atomic mass is 19.1. The van der Waals surface area contributed by atoms with E-state index in [0.717, 1.165) is 24.3 Å². The molecule has 106 valence electrons. The first-order chi connectivity index (χ1) is 9.70. The van der Waals surface area contributed by atoms with Crippen LogP contribution in [0.15, 0.2) is 54.6 Å². The Morgan fingerprint density at radius 2 is 1.70 bits per heavy atom. The summed E-state index contributed by atoms with van der Waals surface area (Å²) in [5, 5.41) is 10.2. The summed E-state index contributed by atoms with van der Waals surface area (Å²) < 4.78 is 12.9. The molecule has 2 nitrogen and oxygen atoms in total. The first-order valence-electron chi connectivity index (χ1n) is 6.94. The van der Waals surface area contributed by atoms with Crippen LogP contribution in [0, 0.1) is 5.82 Å². The molecule has 1 atom stereocenters. The van der Waals surface area contributed by atoms with E-state index in [1.165, 1.54) is 12.1 Å². The van der Waals surface area contributed by atoms with E-state index in [1.54, 1.807) is 12.1 Å². The van der Waals surface area contributed by atoms with Crippen molar-refractivity contribution in [3.05, 3.63) is 66.0 Å². The Kier molecular flexibility index (Phi) is 5.13. The minimum absolute atomic E-state index is 0.277. The van der Waals surface area contributed by atoms with Crippen LogP contribution < -0.4 is 4.90 Å². The molecule has 2 aromatic rings. The van der Waals surface area contributed by atoms with Crippen LogP contribution in [0.4, 0.5) is 10.1 Å². The summed E-state index contributed by atoms with van der Waals surface area (Å²) in [6, 6.07) is 16.2. The fraction of sp³-hybridized carbons (Fsp3) is 0.294. The molecule has 0 bridgehead atoms. The van der Waals surface area contributed by atoms with E-state index < -0.39 is 6.10 Å². The molecule has 1 unspecified atom stereocenters. The van der Waals surface area contributed by atoms with Gasteiger partial charge in [-0.2, -0.15) is 0 Å². The lowest BCUT2D eigenvalue weighted by atomic mass is 10.1. The Morgan fingerprint density at radius 3 is 2.30 bits per heavy atom. The first kappa shape index (κ1) is 14.5. The lowest BCUT2D eigenvalue weighted by Gasteiger charge is -2.24. The van der Waals surface area contributed by atoms with Crippen LogP contribution in [0.2, 0.25) is 0 Å². The van der Waals surface area contributed by atoms with Crippen molar-refractivity contribution in [1.82, 2.24) is 0 Å². The highest BCUT2D eigenvalue weighted by Crippen LogP contribution is 2.20. The molecule has 0 spiro atoms. The molecule has 2 aromatic carbocycles. The summed E-state index contributed by atoms with van der Waals surface area (Å²) in [5.74, 6) is -0.277. The summed E-state index contributed by atoms with van der Waals surface area (Å²) in [5.41, 5.74) is 1.91. The van der Waals surface area contributed by atoms with Crippen LogP contribution >= 0.6 is 0 Å². The van der Waals surface area contributed by atoms with Gasteiger partial charge >= 0.3 is 0 Å². The summed E-state index contributed by atoms with van der Waals surface area (Å²) in [4.78, 5) is 2.22. The van der Waals surface area contributed by atoms with E-state index in [9.17, 15) is 9.50 Å². The summed E-state index contributed by atoms with van der Waals surface area (Å²) in [7, 11) is 0. The van der Waals surface area contributed by atoms with Crippen LogP contribution in [0.5, 0.6) is 0 Å². The lowest BCUT2D eigenvalue weighted by molar-refractivity contribution is 0.169. The largest absolute Gasteiger partial charge is 0.388 e. The van der Waals surface area contributed by atoms with Crippen molar-refractivity contribution in [2.75, 3.05) is 18.0 Å². The highest BCUT2D eigenvalue weighted by Gasteiger charge is 2.10. The second-order valence-electron chi connectivity index (χ2n) is 4.77. The summed E-state index contributed by atoms with van der Waals surface area (Å²) >= 11 is 0.